The molecule has 2 amide bonds. The van der Waals surface area contributed by atoms with Gasteiger partial charge in [0.05, 0.1) is 17.4 Å². The van der Waals surface area contributed by atoms with Crippen molar-refractivity contribution in [3.05, 3.63) is 24.0 Å². The maximum Gasteiger partial charge on any atom is 0.441 e. The van der Waals surface area contributed by atoms with E-state index in [9.17, 15) is 22.8 Å². The fourth-order valence-electron chi connectivity index (χ4n) is 1.13. The molecule has 0 spiro atoms. The van der Waals surface area contributed by atoms with Crippen LogP contribution >= 0.6 is 11.8 Å². The molecule has 0 aliphatic carbocycles. The smallest absolute Gasteiger partial charge is 0.441 e. The number of aromatic nitrogens is 1. The van der Waals surface area contributed by atoms with Gasteiger partial charge in [0.2, 0.25) is 0 Å². The second kappa shape index (κ2) is 6.98. The quantitative estimate of drug-likeness (QED) is 0.725. The van der Waals surface area contributed by atoms with E-state index in [0.29, 0.717) is 0 Å². The number of thioether (sulfide) groups is 1. The third-order valence-corrected chi connectivity index (χ3v) is 2.63. The lowest BCUT2D eigenvalue weighted by Gasteiger charge is -2.08. The molecule has 0 aromatic carbocycles. The Hall–Kier alpha value is -1.97. The molecule has 0 saturated heterocycles. The van der Waals surface area contributed by atoms with Crippen molar-refractivity contribution < 1.29 is 27.9 Å². The van der Waals surface area contributed by atoms with Crippen molar-refractivity contribution in [2.45, 2.75) is 5.51 Å². The number of carboxylic acids is 1. The average Bonchev–Trinajstić information content (AvgIpc) is 2.34. The first-order valence-electron chi connectivity index (χ1n) is 5.22. The second-order valence-electron chi connectivity index (χ2n) is 3.44. The van der Waals surface area contributed by atoms with Crippen molar-refractivity contribution in [3.8, 4) is 0 Å². The van der Waals surface area contributed by atoms with Gasteiger partial charge >= 0.3 is 17.5 Å². The number of carbonyl (C=O) groups excluding carboxylic acids is 1. The normalized spacial score (nSPS) is 10.9. The number of rotatable bonds is 5. The van der Waals surface area contributed by atoms with Crippen LogP contribution < -0.4 is 10.6 Å². The van der Waals surface area contributed by atoms with Crippen LogP contribution in [0.4, 0.5) is 23.7 Å². The van der Waals surface area contributed by atoms with Crippen molar-refractivity contribution in [3.63, 3.8) is 0 Å². The number of aromatic carboxylic acids is 1. The summed E-state index contributed by atoms with van der Waals surface area (Å²) >= 11 is -0.244. The topological polar surface area (TPSA) is 91.3 Å². The van der Waals surface area contributed by atoms with E-state index >= 15 is 0 Å². The largest absolute Gasteiger partial charge is 0.478 e. The highest BCUT2D eigenvalue weighted by Gasteiger charge is 2.27. The molecule has 0 radical (unpaired) electrons. The minimum absolute atomic E-state index is 0.115. The van der Waals surface area contributed by atoms with Gasteiger partial charge in [-0.2, -0.15) is 13.2 Å². The summed E-state index contributed by atoms with van der Waals surface area (Å²) in [5.41, 5.74) is -4.32. The summed E-state index contributed by atoms with van der Waals surface area (Å²) in [5, 5.41) is 13.2. The van der Waals surface area contributed by atoms with Crippen LogP contribution in [0.25, 0.3) is 0 Å². The van der Waals surface area contributed by atoms with E-state index in [1.807, 2.05) is 0 Å². The zero-order valence-electron chi connectivity index (χ0n) is 9.90. The number of pyridine rings is 1. The number of nitrogens with one attached hydrogen (secondary N) is 2. The Kier molecular flexibility index (Phi) is 5.62. The van der Waals surface area contributed by atoms with Crippen molar-refractivity contribution in [2.75, 3.05) is 17.6 Å². The number of halogens is 3. The number of nitrogens with zero attached hydrogens (tertiary/aromatic N) is 1. The molecule has 0 bridgehead atoms. The number of hydrogen-bond donors (Lipinski definition) is 3. The first kappa shape index (κ1) is 16.1. The van der Waals surface area contributed by atoms with Crippen LogP contribution in [0.5, 0.6) is 0 Å². The van der Waals surface area contributed by atoms with Gasteiger partial charge in [0.1, 0.15) is 0 Å². The molecule has 6 nitrogen and oxygen atoms in total. The molecule has 110 valence electrons. The number of anilines is 1. The van der Waals surface area contributed by atoms with Gasteiger partial charge < -0.3 is 15.7 Å². The fraction of sp³-hybridized carbons (Fsp3) is 0.300. The van der Waals surface area contributed by atoms with Crippen molar-refractivity contribution in [2.24, 2.45) is 0 Å². The molecule has 0 fully saturated rings. The van der Waals surface area contributed by atoms with Crippen LogP contribution in [0, 0.1) is 0 Å². The lowest BCUT2D eigenvalue weighted by Crippen LogP contribution is -2.31. The van der Waals surface area contributed by atoms with Gasteiger partial charge in [-0.05, 0) is 17.8 Å². The van der Waals surface area contributed by atoms with Gasteiger partial charge in [-0.15, -0.1) is 0 Å². The summed E-state index contributed by atoms with van der Waals surface area (Å²) in [5.74, 6) is -1.52. The van der Waals surface area contributed by atoms with Gasteiger partial charge in [0, 0.05) is 18.5 Å². The summed E-state index contributed by atoms with van der Waals surface area (Å²) in [6, 6.07) is 0.441. The molecular formula is C10H10F3N3O3S. The second-order valence-corrected chi connectivity index (χ2v) is 4.60. The third kappa shape index (κ3) is 6.27. The molecule has 0 aliphatic rings. The highest BCUT2D eigenvalue weighted by Crippen LogP contribution is 2.29. The predicted octanol–water partition coefficient (Wildman–Crippen LogP) is 2.15. The Morgan fingerprint density at radius 1 is 1.35 bits per heavy atom. The maximum absolute atomic E-state index is 11.8. The number of amides is 2. The number of hydrogen-bond acceptors (Lipinski definition) is 4. The van der Waals surface area contributed by atoms with E-state index in [2.05, 4.69) is 15.6 Å². The monoisotopic (exact) mass is 309 g/mol. The predicted molar refractivity (Wildman–Crippen MR) is 66.7 cm³/mol. The summed E-state index contributed by atoms with van der Waals surface area (Å²) in [7, 11) is 0. The van der Waals surface area contributed by atoms with E-state index in [-0.39, 0.29) is 35.3 Å². The molecule has 0 aliphatic heterocycles. The van der Waals surface area contributed by atoms with Crippen LogP contribution in [0.1, 0.15) is 10.4 Å². The first-order chi connectivity index (χ1) is 9.28. The molecule has 1 rings (SSSR count). The Bertz CT molecular complexity index is 496. The summed E-state index contributed by atoms with van der Waals surface area (Å²) < 4.78 is 35.5. The maximum atomic E-state index is 11.8. The number of carboxylic acid groups (broad SMARTS) is 1. The van der Waals surface area contributed by atoms with E-state index < -0.39 is 17.5 Å². The van der Waals surface area contributed by atoms with Crippen LogP contribution in [0.15, 0.2) is 18.5 Å². The average molecular weight is 309 g/mol. The lowest BCUT2D eigenvalue weighted by atomic mass is 10.3. The summed E-state index contributed by atoms with van der Waals surface area (Å²) in [4.78, 5) is 25.6. The standard InChI is InChI=1S/C10H10F3N3O3S/c11-10(12,13)20-2-1-15-9(19)16-7-3-6(8(17)18)4-14-5-7/h3-5H,1-2H2,(H,17,18)(H2,15,16,19). The Morgan fingerprint density at radius 3 is 2.65 bits per heavy atom. The van der Waals surface area contributed by atoms with Gasteiger partial charge in [-0.25, -0.2) is 9.59 Å². The minimum Gasteiger partial charge on any atom is -0.478 e. The van der Waals surface area contributed by atoms with Crippen LogP contribution in [0.3, 0.4) is 0 Å². The highest BCUT2D eigenvalue weighted by molar-refractivity contribution is 8.00. The molecule has 0 unspecified atom stereocenters. The molecule has 1 aromatic heterocycles. The molecule has 0 saturated carbocycles. The minimum atomic E-state index is -4.34. The number of alkyl halides is 3. The molecule has 0 atom stereocenters. The zero-order valence-corrected chi connectivity index (χ0v) is 10.7. The Labute approximate surface area is 115 Å². The van der Waals surface area contributed by atoms with Gasteiger partial charge in [0.25, 0.3) is 0 Å². The zero-order chi connectivity index (χ0) is 15.2. The van der Waals surface area contributed by atoms with E-state index in [4.69, 9.17) is 5.11 Å². The summed E-state index contributed by atoms with van der Waals surface area (Å²) in [6.45, 7) is -0.179. The van der Waals surface area contributed by atoms with Crippen molar-refractivity contribution in [1.29, 1.82) is 0 Å². The lowest BCUT2D eigenvalue weighted by molar-refractivity contribution is -0.0327. The number of carbonyl (C=O) groups is 2. The highest BCUT2D eigenvalue weighted by atomic mass is 32.2. The fourth-order valence-corrected chi connectivity index (χ4v) is 1.57. The first-order valence-corrected chi connectivity index (χ1v) is 6.20. The van der Waals surface area contributed by atoms with Crippen LogP contribution in [0.2, 0.25) is 0 Å². The molecule has 10 heteroatoms. The van der Waals surface area contributed by atoms with Gasteiger partial charge in [-0.3, -0.25) is 4.98 Å². The van der Waals surface area contributed by atoms with E-state index in [0.717, 1.165) is 6.20 Å². The molecule has 20 heavy (non-hydrogen) atoms. The van der Waals surface area contributed by atoms with Crippen molar-refractivity contribution >= 4 is 29.4 Å². The summed E-state index contributed by atoms with van der Waals surface area (Å²) in [6.07, 6.45) is 2.32. The van der Waals surface area contributed by atoms with Crippen LogP contribution in [-0.4, -0.2) is 39.9 Å². The third-order valence-electron chi connectivity index (χ3n) is 1.90. The van der Waals surface area contributed by atoms with Crippen molar-refractivity contribution in [1.82, 2.24) is 10.3 Å². The molecule has 3 N–H and O–H groups in total. The number of urea groups is 1. The molecular weight excluding hydrogens is 299 g/mol. The Balaban J connectivity index is 2.39. The van der Waals surface area contributed by atoms with E-state index in [1.165, 1.54) is 12.3 Å². The Morgan fingerprint density at radius 2 is 2.05 bits per heavy atom. The van der Waals surface area contributed by atoms with Crippen LogP contribution in [-0.2, 0) is 0 Å². The molecule has 1 heterocycles. The van der Waals surface area contributed by atoms with Gasteiger partial charge in [0.15, 0.2) is 0 Å². The SMILES string of the molecule is O=C(NCCSC(F)(F)F)Nc1cncc(C(=O)O)c1. The van der Waals surface area contributed by atoms with Gasteiger partial charge in [-0.1, -0.05) is 0 Å². The molecule has 1 aromatic rings. The van der Waals surface area contributed by atoms with E-state index in [1.54, 1.807) is 0 Å².